The van der Waals surface area contributed by atoms with Crippen LogP contribution < -0.4 is 10.5 Å². The van der Waals surface area contributed by atoms with Crippen LogP contribution in [0, 0.1) is 11.8 Å². The lowest BCUT2D eigenvalue weighted by Crippen LogP contribution is -2.06. The van der Waals surface area contributed by atoms with Gasteiger partial charge in [-0.15, -0.1) is 0 Å². The molecular formula is C11H9NO4. The van der Waals surface area contributed by atoms with E-state index in [9.17, 15) is 9.59 Å². The third-order valence-corrected chi connectivity index (χ3v) is 1.77. The van der Waals surface area contributed by atoms with Crippen LogP contribution in [0.2, 0.25) is 0 Å². The van der Waals surface area contributed by atoms with E-state index < -0.39 is 11.9 Å². The molecule has 1 amide bonds. The van der Waals surface area contributed by atoms with Crippen LogP contribution in [0.3, 0.4) is 0 Å². The number of para-hydroxylation sites is 1. The second kappa shape index (κ2) is 4.84. The third-order valence-electron chi connectivity index (χ3n) is 1.77. The molecule has 0 spiro atoms. The number of rotatable bonds is 2. The van der Waals surface area contributed by atoms with E-state index in [1.165, 1.54) is 19.2 Å². The molecule has 3 N–H and O–H groups in total. The highest BCUT2D eigenvalue weighted by atomic mass is 16.5. The summed E-state index contributed by atoms with van der Waals surface area (Å²) in [6.45, 7) is 0. The summed E-state index contributed by atoms with van der Waals surface area (Å²) < 4.78 is 4.93. The van der Waals surface area contributed by atoms with E-state index in [1.807, 2.05) is 0 Å². The van der Waals surface area contributed by atoms with E-state index in [1.54, 1.807) is 6.07 Å². The van der Waals surface area contributed by atoms with Gasteiger partial charge in [0.2, 0.25) is 0 Å². The van der Waals surface area contributed by atoms with E-state index in [2.05, 4.69) is 11.8 Å². The Bertz CT molecular complexity index is 496. The second-order valence-electron chi connectivity index (χ2n) is 2.81. The Hall–Kier alpha value is -2.48. The number of carbonyl (C=O) groups excluding carboxylic acids is 1. The summed E-state index contributed by atoms with van der Waals surface area (Å²) in [4.78, 5) is 21.3. The molecule has 0 atom stereocenters. The van der Waals surface area contributed by atoms with E-state index in [0.717, 1.165) is 0 Å². The van der Waals surface area contributed by atoms with Crippen molar-refractivity contribution in [2.45, 2.75) is 0 Å². The molecule has 1 aromatic carbocycles. The number of carboxylic acid groups (broad SMARTS) is 1. The van der Waals surface area contributed by atoms with Gasteiger partial charge in [-0.25, -0.2) is 4.79 Å². The minimum absolute atomic E-state index is 0.0150. The number of nitrogens with two attached hydrogens (primary N) is 1. The predicted octanol–water partition coefficient (Wildman–Crippen LogP) is 0.230. The molecule has 0 radical (unpaired) electrons. The lowest BCUT2D eigenvalue weighted by Gasteiger charge is -2.06. The maximum absolute atomic E-state index is 10.9. The normalized spacial score (nSPS) is 8.81. The molecule has 0 aromatic heterocycles. The average Bonchev–Trinajstić information content (AvgIpc) is 2.25. The molecule has 0 aliphatic carbocycles. The first-order chi connectivity index (χ1) is 7.56. The van der Waals surface area contributed by atoms with Crippen molar-refractivity contribution in [1.82, 2.24) is 0 Å². The molecule has 0 fully saturated rings. The Balaban J connectivity index is 3.31. The van der Waals surface area contributed by atoms with Gasteiger partial charge in [-0.1, -0.05) is 12.0 Å². The fraction of sp³-hybridized carbons (Fsp3) is 0.0909. The van der Waals surface area contributed by atoms with Gasteiger partial charge in [0.05, 0.1) is 12.7 Å². The number of hydrogen-bond donors (Lipinski definition) is 2. The average molecular weight is 219 g/mol. The quantitative estimate of drug-likeness (QED) is 0.697. The largest absolute Gasteiger partial charge is 0.495 e. The monoisotopic (exact) mass is 219 g/mol. The number of carboxylic acids is 1. The fourth-order valence-corrected chi connectivity index (χ4v) is 1.15. The Labute approximate surface area is 91.8 Å². The maximum atomic E-state index is 10.9. The summed E-state index contributed by atoms with van der Waals surface area (Å²) in [7, 11) is 1.33. The van der Waals surface area contributed by atoms with E-state index in [0.29, 0.717) is 5.56 Å². The van der Waals surface area contributed by atoms with Crippen LogP contribution in [0.15, 0.2) is 18.2 Å². The van der Waals surface area contributed by atoms with E-state index in [4.69, 9.17) is 15.6 Å². The minimum Gasteiger partial charge on any atom is -0.495 e. The Morgan fingerprint density at radius 2 is 2.12 bits per heavy atom. The van der Waals surface area contributed by atoms with Crippen molar-refractivity contribution >= 4 is 11.9 Å². The highest BCUT2D eigenvalue weighted by Gasteiger charge is 2.13. The highest BCUT2D eigenvalue weighted by molar-refractivity contribution is 5.94. The third kappa shape index (κ3) is 2.51. The van der Waals surface area contributed by atoms with Gasteiger partial charge in [0.25, 0.3) is 5.91 Å². The van der Waals surface area contributed by atoms with E-state index >= 15 is 0 Å². The Morgan fingerprint density at radius 1 is 1.44 bits per heavy atom. The first-order valence-corrected chi connectivity index (χ1v) is 4.28. The lowest BCUT2D eigenvalue weighted by molar-refractivity contribution is -0.112. The Morgan fingerprint density at radius 3 is 2.62 bits per heavy atom. The van der Waals surface area contributed by atoms with Crippen molar-refractivity contribution in [2.75, 3.05) is 7.11 Å². The molecule has 0 bridgehead atoms. The number of aromatic carboxylic acids is 1. The maximum Gasteiger partial charge on any atom is 0.339 e. The standard InChI is InChI=1S/C11H9NO4/c1-16-10-7(5-6-9(12)13)3-2-4-8(10)11(14)15/h2-4H,1H3,(H2,12,13)(H,14,15). The molecule has 1 rings (SSSR count). The molecule has 82 valence electrons. The summed E-state index contributed by atoms with van der Waals surface area (Å²) in [5, 5.41) is 8.88. The molecular weight excluding hydrogens is 210 g/mol. The number of carbonyl (C=O) groups is 2. The van der Waals surface area contributed by atoms with Crippen LogP contribution in [-0.2, 0) is 4.79 Å². The van der Waals surface area contributed by atoms with Crippen LogP contribution in [0.1, 0.15) is 15.9 Å². The first-order valence-electron chi connectivity index (χ1n) is 4.28. The summed E-state index contributed by atoms with van der Waals surface area (Å²) in [6.07, 6.45) is 0. The lowest BCUT2D eigenvalue weighted by atomic mass is 10.1. The van der Waals surface area contributed by atoms with Gasteiger partial charge in [0, 0.05) is 5.92 Å². The summed E-state index contributed by atoms with van der Waals surface area (Å²) in [5.74, 6) is 2.76. The SMILES string of the molecule is COc1c(C#CC(N)=O)cccc1C(=O)O. The molecule has 1 aromatic rings. The van der Waals surface area contributed by atoms with Crippen molar-refractivity contribution in [3.8, 4) is 17.6 Å². The van der Waals surface area contributed by atoms with Crippen molar-refractivity contribution in [3.05, 3.63) is 29.3 Å². The molecule has 5 nitrogen and oxygen atoms in total. The van der Waals surface area contributed by atoms with Crippen LogP contribution in [0.5, 0.6) is 5.75 Å². The van der Waals surface area contributed by atoms with Gasteiger partial charge >= 0.3 is 5.97 Å². The molecule has 0 saturated carbocycles. The summed E-state index contributed by atoms with van der Waals surface area (Å²) in [6, 6.07) is 4.44. The molecule has 16 heavy (non-hydrogen) atoms. The smallest absolute Gasteiger partial charge is 0.339 e. The fourth-order valence-electron chi connectivity index (χ4n) is 1.15. The molecule has 0 unspecified atom stereocenters. The number of ether oxygens (including phenoxy) is 1. The number of hydrogen-bond acceptors (Lipinski definition) is 3. The number of amides is 1. The van der Waals surface area contributed by atoms with Crippen LogP contribution in [0.25, 0.3) is 0 Å². The van der Waals surface area contributed by atoms with Gasteiger partial charge in [-0.2, -0.15) is 0 Å². The zero-order valence-electron chi connectivity index (χ0n) is 8.48. The van der Waals surface area contributed by atoms with Gasteiger partial charge in [-0.05, 0) is 12.1 Å². The highest BCUT2D eigenvalue weighted by Crippen LogP contribution is 2.22. The topological polar surface area (TPSA) is 89.6 Å². The van der Waals surface area contributed by atoms with Gasteiger partial charge < -0.3 is 15.6 Å². The van der Waals surface area contributed by atoms with Gasteiger partial charge in [-0.3, -0.25) is 4.79 Å². The number of benzene rings is 1. The van der Waals surface area contributed by atoms with Crippen molar-refractivity contribution < 1.29 is 19.4 Å². The minimum atomic E-state index is -1.13. The molecule has 5 heteroatoms. The van der Waals surface area contributed by atoms with Crippen LogP contribution in [0.4, 0.5) is 0 Å². The first kappa shape index (κ1) is 11.6. The molecule has 0 aliphatic rings. The number of primary amides is 1. The molecule has 0 saturated heterocycles. The molecule has 0 aliphatic heterocycles. The number of methoxy groups -OCH3 is 1. The van der Waals surface area contributed by atoms with Crippen molar-refractivity contribution in [1.29, 1.82) is 0 Å². The summed E-state index contributed by atoms with van der Waals surface area (Å²) >= 11 is 0. The Kier molecular flexibility index (Phi) is 3.51. The van der Waals surface area contributed by atoms with Gasteiger partial charge in [0.1, 0.15) is 11.3 Å². The van der Waals surface area contributed by atoms with Crippen molar-refractivity contribution in [2.24, 2.45) is 5.73 Å². The zero-order chi connectivity index (χ0) is 12.1. The van der Waals surface area contributed by atoms with Gasteiger partial charge in [0.15, 0.2) is 0 Å². The van der Waals surface area contributed by atoms with Crippen molar-refractivity contribution in [3.63, 3.8) is 0 Å². The van der Waals surface area contributed by atoms with Crippen LogP contribution >= 0.6 is 0 Å². The predicted molar refractivity (Wildman–Crippen MR) is 56.0 cm³/mol. The summed E-state index contributed by atoms with van der Waals surface area (Å²) in [5.41, 5.74) is 5.15. The van der Waals surface area contributed by atoms with E-state index in [-0.39, 0.29) is 11.3 Å². The van der Waals surface area contributed by atoms with Crippen LogP contribution in [-0.4, -0.2) is 24.1 Å². The second-order valence-corrected chi connectivity index (χ2v) is 2.81. The molecule has 0 heterocycles. The zero-order valence-corrected chi connectivity index (χ0v) is 8.48.